The Morgan fingerprint density at radius 1 is 1.19 bits per heavy atom. The van der Waals surface area contributed by atoms with E-state index in [0.29, 0.717) is 17.3 Å². The fraction of sp³-hybridized carbons (Fsp3) is 0.652. The number of hydrogen-bond acceptors (Lipinski definition) is 3. The van der Waals surface area contributed by atoms with Crippen molar-refractivity contribution in [1.82, 2.24) is 0 Å². The van der Waals surface area contributed by atoms with Crippen LogP contribution < -0.4 is 14.2 Å². The molecule has 0 unspecified atom stereocenters. The van der Waals surface area contributed by atoms with E-state index < -0.39 is 0 Å². The Kier molecular flexibility index (Phi) is 4.05. The van der Waals surface area contributed by atoms with Crippen LogP contribution in [-0.2, 0) is 0 Å². The van der Waals surface area contributed by atoms with Crippen molar-refractivity contribution in [2.24, 2.45) is 23.2 Å². The fourth-order valence-corrected chi connectivity index (χ4v) is 5.65. The van der Waals surface area contributed by atoms with Gasteiger partial charge in [-0.3, -0.25) is 0 Å². The Labute approximate surface area is 157 Å². The molecule has 3 heteroatoms. The second-order valence-corrected chi connectivity index (χ2v) is 9.37. The van der Waals surface area contributed by atoms with Crippen molar-refractivity contribution in [3.05, 3.63) is 23.8 Å². The molecule has 142 valence electrons. The summed E-state index contributed by atoms with van der Waals surface area (Å²) in [4.78, 5) is 0. The molecule has 3 atom stereocenters. The van der Waals surface area contributed by atoms with Gasteiger partial charge in [0.2, 0.25) is 0 Å². The minimum absolute atomic E-state index is 0.174. The monoisotopic (exact) mass is 356 g/mol. The predicted molar refractivity (Wildman–Crippen MR) is 105 cm³/mol. The second kappa shape index (κ2) is 5.94. The van der Waals surface area contributed by atoms with Gasteiger partial charge in [0, 0.05) is 18.1 Å². The van der Waals surface area contributed by atoms with Gasteiger partial charge in [-0.2, -0.15) is 0 Å². The molecular weight excluding hydrogens is 324 g/mol. The van der Waals surface area contributed by atoms with E-state index in [0.717, 1.165) is 41.6 Å². The molecule has 0 aromatic heterocycles. The quantitative estimate of drug-likeness (QED) is 0.690. The highest BCUT2D eigenvalue weighted by atomic mass is 16.5. The minimum Gasteiger partial charge on any atom is -0.496 e. The van der Waals surface area contributed by atoms with Crippen LogP contribution in [0.15, 0.2) is 18.2 Å². The molecule has 3 saturated carbocycles. The number of rotatable bonds is 4. The van der Waals surface area contributed by atoms with E-state index in [4.69, 9.17) is 14.2 Å². The van der Waals surface area contributed by atoms with E-state index in [9.17, 15) is 0 Å². The van der Waals surface area contributed by atoms with Gasteiger partial charge >= 0.3 is 0 Å². The summed E-state index contributed by atoms with van der Waals surface area (Å²) in [5, 5.41) is 0. The predicted octanol–water partition coefficient (Wildman–Crippen LogP) is 5.72. The van der Waals surface area contributed by atoms with Gasteiger partial charge in [-0.15, -0.1) is 0 Å². The third kappa shape index (κ3) is 2.46. The molecule has 1 aliphatic heterocycles. The normalized spacial score (nSPS) is 31.0. The third-order valence-corrected chi connectivity index (χ3v) is 7.11. The highest BCUT2D eigenvalue weighted by Gasteiger charge is 2.62. The molecule has 1 aromatic carbocycles. The van der Waals surface area contributed by atoms with Crippen LogP contribution in [0.3, 0.4) is 0 Å². The topological polar surface area (TPSA) is 27.7 Å². The summed E-state index contributed by atoms with van der Waals surface area (Å²) >= 11 is 0. The number of benzene rings is 1. The van der Waals surface area contributed by atoms with Crippen LogP contribution in [0.5, 0.6) is 17.2 Å². The minimum atomic E-state index is -0.174. The van der Waals surface area contributed by atoms with Crippen LogP contribution in [0.1, 0.15) is 58.9 Å². The number of methoxy groups -OCH3 is 2. The van der Waals surface area contributed by atoms with Gasteiger partial charge in [0.25, 0.3) is 0 Å². The Bertz CT molecular complexity index is 744. The van der Waals surface area contributed by atoms with E-state index in [1.54, 1.807) is 14.2 Å². The lowest BCUT2D eigenvalue weighted by molar-refractivity contribution is -0.167. The van der Waals surface area contributed by atoms with Crippen molar-refractivity contribution in [2.45, 2.75) is 59.0 Å². The van der Waals surface area contributed by atoms with Gasteiger partial charge in [0.1, 0.15) is 22.8 Å². The summed E-state index contributed by atoms with van der Waals surface area (Å²) in [5.74, 6) is 4.60. The van der Waals surface area contributed by atoms with Gasteiger partial charge in [0.15, 0.2) is 0 Å². The molecule has 26 heavy (non-hydrogen) atoms. The van der Waals surface area contributed by atoms with Crippen LogP contribution in [0.4, 0.5) is 0 Å². The summed E-state index contributed by atoms with van der Waals surface area (Å²) in [6.45, 7) is 9.41. The molecule has 0 saturated heterocycles. The first-order valence-electron chi connectivity index (χ1n) is 9.98. The van der Waals surface area contributed by atoms with Gasteiger partial charge in [-0.05, 0) is 54.6 Å². The lowest BCUT2D eigenvalue weighted by atomic mass is 9.43. The van der Waals surface area contributed by atoms with E-state index in [1.807, 2.05) is 12.1 Å². The molecule has 3 fully saturated rings. The molecule has 5 rings (SSSR count). The van der Waals surface area contributed by atoms with Crippen LogP contribution in [0, 0.1) is 23.2 Å². The summed E-state index contributed by atoms with van der Waals surface area (Å²) < 4.78 is 18.0. The lowest BCUT2D eigenvalue weighted by Crippen LogP contribution is -2.63. The highest BCUT2D eigenvalue weighted by molar-refractivity contribution is 5.79. The van der Waals surface area contributed by atoms with Crippen LogP contribution in [0.2, 0.25) is 0 Å². The SMILES string of the molecule is COc1cc(OC)c2c(c1)O[C@@]1(C=C2CC(C)C)CC[C@H]2C[C@@H]1C2(C)C. The smallest absolute Gasteiger partial charge is 0.135 e. The van der Waals surface area contributed by atoms with E-state index in [1.165, 1.54) is 18.4 Å². The molecular formula is C23H32O3. The van der Waals surface area contributed by atoms with Crippen molar-refractivity contribution in [3.8, 4) is 17.2 Å². The molecule has 3 nitrogen and oxygen atoms in total. The first kappa shape index (κ1) is 17.8. The molecule has 1 heterocycles. The molecule has 0 radical (unpaired) electrons. The number of ether oxygens (including phenoxy) is 3. The molecule has 1 spiro atoms. The maximum atomic E-state index is 6.81. The maximum absolute atomic E-state index is 6.81. The van der Waals surface area contributed by atoms with Gasteiger partial charge < -0.3 is 14.2 Å². The van der Waals surface area contributed by atoms with Gasteiger partial charge in [-0.25, -0.2) is 0 Å². The van der Waals surface area contributed by atoms with Crippen molar-refractivity contribution >= 4 is 5.57 Å². The van der Waals surface area contributed by atoms with Crippen LogP contribution in [0.25, 0.3) is 5.57 Å². The summed E-state index contributed by atoms with van der Waals surface area (Å²) in [7, 11) is 3.43. The van der Waals surface area contributed by atoms with E-state index >= 15 is 0 Å². The first-order valence-corrected chi connectivity index (χ1v) is 9.98. The van der Waals surface area contributed by atoms with Crippen LogP contribution in [-0.4, -0.2) is 19.8 Å². The number of hydrogen-bond donors (Lipinski definition) is 0. The zero-order valence-corrected chi connectivity index (χ0v) is 17.0. The zero-order valence-electron chi connectivity index (χ0n) is 17.0. The lowest BCUT2D eigenvalue weighted by Gasteiger charge is -2.64. The molecule has 0 amide bonds. The third-order valence-electron chi connectivity index (χ3n) is 7.11. The first-order chi connectivity index (χ1) is 12.3. The van der Waals surface area contributed by atoms with Crippen molar-refractivity contribution in [1.29, 1.82) is 0 Å². The Balaban J connectivity index is 1.85. The molecule has 1 aromatic rings. The molecule has 4 aliphatic rings. The second-order valence-electron chi connectivity index (χ2n) is 9.37. The van der Waals surface area contributed by atoms with Crippen molar-refractivity contribution in [2.75, 3.05) is 14.2 Å². The summed E-state index contributed by atoms with van der Waals surface area (Å²) in [6.07, 6.45) is 7.16. The maximum Gasteiger partial charge on any atom is 0.135 e. The van der Waals surface area contributed by atoms with E-state index in [-0.39, 0.29) is 5.60 Å². The van der Waals surface area contributed by atoms with Crippen molar-refractivity contribution < 1.29 is 14.2 Å². The Morgan fingerprint density at radius 2 is 1.96 bits per heavy atom. The summed E-state index contributed by atoms with van der Waals surface area (Å²) in [6, 6.07) is 4.02. The van der Waals surface area contributed by atoms with E-state index in [2.05, 4.69) is 33.8 Å². The molecule has 3 aliphatic carbocycles. The average Bonchev–Trinajstić information content (AvgIpc) is 2.59. The van der Waals surface area contributed by atoms with Gasteiger partial charge in [-0.1, -0.05) is 27.7 Å². The van der Waals surface area contributed by atoms with Crippen molar-refractivity contribution in [3.63, 3.8) is 0 Å². The average molecular weight is 357 g/mol. The standard InChI is InChI=1S/C23H32O3/c1-14(2)9-15-13-23(8-7-16-10-20(23)22(16,3)4)26-19-12-17(24-5)11-18(25-6)21(15)19/h11-14,16,20H,7-10H2,1-6H3/t16-,20+,23+/m0/s1. The Morgan fingerprint density at radius 3 is 2.54 bits per heavy atom. The largest absolute Gasteiger partial charge is 0.496 e. The van der Waals surface area contributed by atoms with Crippen LogP contribution >= 0.6 is 0 Å². The zero-order chi connectivity index (χ0) is 18.7. The number of allylic oxidation sites excluding steroid dienone is 1. The molecule has 2 bridgehead atoms. The summed E-state index contributed by atoms with van der Waals surface area (Å²) in [5.41, 5.74) is 2.68. The highest BCUT2D eigenvalue weighted by Crippen LogP contribution is 2.66. The molecule has 0 N–H and O–H groups in total. The number of fused-ring (bicyclic) bond motifs is 2. The fourth-order valence-electron chi connectivity index (χ4n) is 5.65. The Hall–Kier alpha value is -1.64. The van der Waals surface area contributed by atoms with Gasteiger partial charge in [0.05, 0.1) is 19.8 Å².